The molecule has 1 aliphatic heterocycles. The van der Waals surface area contributed by atoms with Crippen molar-refractivity contribution in [3.8, 4) is 0 Å². The number of hydrogen-bond donors (Lipinski definition) is 1. The van der Waals surface area contributed by atoms with Crippen molar-refractivity contribution in [2.75, 3.05) is 5.32 Å². The molecule has 4 rings (SSSR count). The van der Waals surface area contributed by atoms with Gasteiger partial charge in [0.25, 0.3) is 0 Å². The standard InChI is InChI=1S/C20H22N2OS/c1-4-20(13-8-6-5-7-9-13)15-14(10-11-19(2,3)16(15)23)22-18-17(20)24-12-21-18/h5-9,12,22H,4,10-11H2,1-3H3/t20-/m1/s1. The van der Waals surface area contributed by atoms with Crippen LogP contribution in [-0.4, -0.2) is 10.8 Å². The number of fused-ring (bicyclic) bond motifs is 1. The minimum absolute atomic E-state index is 0.279. The fraction of sp³-hybridized carbons (Fsp3) is 0.400. The maximum absolute atomic E-state index is 13.4. The van der Waals surface area contributed by atoms with Crippen LogP contribution in [0.4, 0.5) is 5.82 Å². The van der Waals surface area contributed by atoms with Crippen molar-refractivity contribution in [3.05, 3.63) is 57.6 Å². The summed E-state index contributed by atoms with van der Waals surface area (Å²) < 4.78 is 0. The Morgan fingerprint density at radius 3 is 2.71 bits per heavy atom. The van der Waals surface area contributed by atoms with Crippen molar-refractivity contribution in [3.63, 3.8) is 0 Å². The smallest absolute Gasteiger partial charge is 0.167 e. The van der Waals surface area contributed by atoms with Crippen LogP contribution >= 0.6 is 11.3 Å². The Morgan fingerprint density at radius 2 is 2.00 bits per heavy atom. The van der Waals surface area contributed by atoms with Gasteiger partial charge in [0, 0.05) is 16.7 Å². The average Bonchev–Trinajstić information content (AvgIpc) is 3.06. The van der Waals surface area contributed by atoms with E-state index in [1.54, 1.807) is 11.3 Å². The van der Waals surface area contributed by atoms with Gasteiger partial charge in [0.1, 0.15) is 5.82 Å². The van der Waals surface area contributed by atoms with E-state index in [0.29, 0.717) is 0 Å². The molecule has 0 saturated heterocycles. The molecule has 1 aromatic carbocycles. The Labute approximate surface area is 146 Å². The summed E-state index contributed by atoms with van der Waals surface area (Å²) >= 11 is 1.65. The molecule has 0 unspecified atom stereocenters. The predicted octanol–water partition coefficient (Wildman–Crippen LogP) is 4.91. The fourth-order valence-electron chi connectivity index (χ4n) is 4.16. The molecule has 1 N–H and O–H groups in total. The SMILES string of the molecule is CC[C@@]1(c2ccccc2)C2=C(CCC(C)(C)C2=O)Nc2ncsc21. The molecule has 0 saturated carbocycles. The summed E-state index contributed by atoms with van der Waals surface area (Å²) in [5.41, 5.74) is 4.43. The van der Waals surface area contributed by atoms with Crippen LogP contribution in [0.25, 0.3) is 0 Å². The molecule has 4 heteroatoms. The van der Waals surface area contributed by atoms with Crippen LogP contribution in [0.1, 0.15) is 50.5 Å². The molecule has 2 aromatic rings. The van der Waals surface area contributed by atoms with Crippen LogP contribution in [0.3, 0.4) is 0 Å². The molecule has 0 spiro atoms. The summed E-state index contributed by atoms with van der Waals surface area (Å²) in [7, 11) is 0. The van der Waals surface area contributed by atoms with Gasteiger partial charge in [-0.15, -0.1) is 11.3 Å². The molecule has 1 aliphatic carbocycles. The highest BCUT2D eigenvalue weighted by atomic mass is 32.1. The highest BCUT2D eigenvalue weighted by molar-refractivity contribution is 7.10. The molecule has 0 bridgehead atoms. The molecular weight excluding hydrogens is 316 g/mol. The van der Waals surface area contributed by atoms with Gasteiger partial charge in [-0.1, -0.05) is 51.1 Å². The van der Waals surface area contributed by atoms with Gasteiger partial charge < -0.3 is 5.32 Å². The summed E-state index contributed by atoms with van der Waals surface area (Å²) in [5.74, 6) is 1.21. The van der Waals surface area contributed by atoms with Crippen molar-refractivity contribution >= 4 is 22.9 Å². The lowest BCUT2D eigenvalue weighted by Crippen LogP contribution is -2.45. The minimum Gasteiger partial charge on any atom is -0.342 e. The van der Waals surface area contributed by atoms with Crippen LogP contribution in [0, 0.1) is 5.41 Å². The number of carbonyl (C=O) groups is 1. The fourth-order valence-corrected chi connectivity index (χ4v) is 5.21. The largest absolute Gasteiger partial charge is 0.342 e. The normalized spacial score (nSPS) is 25.0. The average molecular weight is 338 g/mol. The minimum atomic E-state index is -0.382. The Kier molecular flexibility index (Phi) is 3.43. The van der Waals surface area contributed by atoms with E-state index in [2.05, 4.69) is 55.3 Å². The first-order valence-electron chi connectivity index (χ1n) is 8.55. The number of Topliss-reactive ketones (excluding diaryl/α,β-unsaturated/α-hetero) is 1. The quantitative estimate of drug-likeness (QED) is 0.846. The molecule has 24 heavy (non-hydrogen) atoms. The summed E-state index contributed by atoms with van der Waals surface area (Å²) in [6.07, 6.45) is 2.64. The molecule has 124 valence electrons. The van der Waals surface area contributed by atoms with E-state index in [9.17, 15) is 4.79 Å². The molecule has 1 aromatic heterocycles. The predicted molar refractivity (Wildman–Crippen MR) is 98.3 cm³/mol. The third kappa shape index (κ3) is 1.95. The van der Waals surface area contributed by atoms with Gasteiger partial charge in [0.15, 0.2) is 5.78 Å². The van der Waals surface area contributed by atoms with E-state index in [4.69, 9.17) is 0 Å². The highest BCUT2D eigenvalue weighted by Crippen LogP contribution is 2.55. The van der Waals surface area contributed by atoms with Crippen LogP contribution in [-0.2, 0) is 10.2 Å². The molecule has 1 atom stereocenters. The van der Waals surface area contributed by atoms with Gasteiger partial charge in [0.2, 0.25) is 0 Å². The number of benzene rings is 1. The third-order valence-electron chi connectivity index (χ3n) is 5.59. The van der Waals surface area contributed by atoms with E-state index in [1.165, 1.54) is 10.4 Å². The second kappa shape index (κ2) is 5.28. The van der Waals surface area contributed by atoms with Crippen molar-refractivity contribution in [2.45, 2.75) is 45.4 Å². The number of hydrogen-bond acceptors (Lipinski definition) is 4. The number of aromatic nitrogens is 1. The van der Waals surface area contributed by atoms with Crippen molar-refractivity contribution < 1.29 is 4.79 Å². The summed E-state index contributed by atoms with van der Waals surface area (Å²) in [6, 6.07) is 10.5. The first kappa shape index (κ1) is 15.6. The summed E-state index contributed by atoms with van der Waals surface area (Å²) in [5, 5.41) is 3.46. The lowest BCUT2D eigenvalue weighted by Gasteiger charge is -2.45. The molecule has 0 fully saturated rings. The maximum atomic E-state index is 13.4. The number of nitrogens with zero attached hydrogens (tertiary/aromatic N) is 1. The van der Waals surface area contributed by atoms with Crippen LogP contribution in [0.15, 0.2) is 47.1 Å². The Balaban J connectivity index is 2.05. The lowest BCUT2D eigenvalue weighted by molar-refractivity contribution is -0.124. The number of carbonyl (C=O) groups excluding carboxylic acids is 1. The number of thiazole rings is 1. The van der Waals surface area contributed by atoms with E-state index in [1.807, 2.05) is 11.6 Å². The topological polar surface area (TPSA) is 42.0 Å². The second-order valence-corrected chi connectivity index (χ2v) is 8.20. The highest BCUT2D eigenvalue weighted by Gasteiger charge is 2.51. The summed E-state index contributed by atoms with van der Waals surface area (Å²) in [4.78, 5) is 19.2. The van der Waals surface area contributed by atoms with E-state index >= 15 is 0 Å². The zero-order chi connectivity index (χ0) is 16.9. The van der Waals surface area contributed by atoms with E-state index in [-0.39, 0.29) is 16.6 Å². The Bertz CT molecular complexity index is 834. The number of allylic oxidation sites excluding steroid dienone is 2. The van der Waals surface area contributed by atoms with Crippen LogP contribution < -0.4 is 5.32 Å². The van der Waals surface area contributed by atoms with Gasteiger partial charge in [-0.2, -0.15) is 0 Å². The monoisotopic (exact) mass is 338 g/mol. The van der Waals surface area contributed by atoms with Gasteiger partial charge in [-0.3, -0.25) is 4.79 Å². The number of anilines is 1. The summed E-state index contributed by atoms with van der Waals surface area (Å²) in [6.45, 7) is 6.33. The molecule has 0 radical (unpaired) electrons. The zero-order valence-electron chi connectivity index (χ0n) is 14.3. The Morgan fingerprint density at radius 1 is 1.25 bits per heavy atom. The van der Waals surface area contributed by atoms with Crippen LogP contribution in [0.5, 0.6) is 0 Å². The number of nitrogens with one attached hydrogen (secondary N) is 1. The van der Waals surface area contributed by atoms with E-state index < -0.39 is 0 Å². The first-order valence-corrected chi connectivity index (χ1v) is 9.43. The van der Waals surface area contributed by atoms with Crippen molar-refractivity contribution in [2.24, 2.45) is 5.41 Å². The lowest BCUT2D eigenvalue weighted by atomic mass is 9.61. The first-order chi connectivity index (χ1) is 11.5. The molecule has 3 nitrogen and oxygen atoms in total. The van der Waals surface area contributed by atoms with Crippen LogP contribution in [0.2, 0.25) is 0 Å². The second-order valence-electron chi connectivity index (χ2n) is 7.35. The third-order valence-corrected chi connectivity index (χ3v) is 6.58. The zero-order valence-corrected chi connectivity index (χ0v) is 15.2. The molecule has 2 heterocycles. The van der Waals surface area contributed by atoms with Gasteiger partial charge in [-0.25, -0.2) is 4.98 Å². The molecule has 2 aliphatic rings. The molecule has 0 amide bonds. The maximum Gasteiger partial charge on any atom is 0.167 e. The molecular formula is C20H22N2OS. The Hall–Kier alpha value is -1.94. The van der Waals surface area contributed by atoms with Crippen molar-refractivity contribution in [1.29, 1.82) is 0 Å². The van der Waals surface area contributed by atoms with Gasteiger partial charge in [0.05, 0.1) is 15.8 Å². The van der Waals surface area contributed by atoms with Gasteiger partial charge >= 0.3 is 0 Å². The number of rotatable bonds is 2. The van der Waals surface area contributed by atoms with E-state index in [0.717, 1.165) is 36.4 Å². The van der Waals surface area contributed by atoms with Crippen molar-refractivity contribution in [1.82, 2.24) is 4.98 Å². The number of ketones is 1. The van der Waals surface area contributed by atoms with Gasteiger partial charge in [-0.05, 0) is 24.8 Å².